The van der Waals surface area contributed by atoms with Crippen LogP contribution < -0.4 is 5.30 Å². The first-order chi connectivity index (χ1) is 9.54. The molecular formula is C16H19O3P. The van der Waals surface area contributed by atoms with Crippen LogP contribution in [-0.2, 0) is 4.57 Å². The van der Waals surface area contributed by atoms with E-state index >= 15 is 0 Å². The average molecular weight is 290 g/mol. The van der Waals surface area contributed by atoms with Crippen molar-refractivity contribution in [1.82, 2.24) is 0 Å². The van der Waals surface area contributed by atoms with Crippen LogP contribution in [0.3, 0.4) is 0 Å². The molecule has 0 saturated heterocycles. The molecule has 0 spiro atoms. The van der Waals surface area contributed by atoms with E-state index in [0.717, 1.165) is 12.0 Å². The van der Waals surface area contributed by atoms with Crippen molar-refractivity contribution in [2.24, 2.45) is 0 Å². The molecule has 2 atom stereocenters. The van der Waals surface area contributed by atoms with E-state index in [-0.39, 0.29) is 5.75 Å². The Kier molecular flexibility index (Phi) is 4.64. The summed E-state index contributed by atoms with van der Waals surface area (Å²) in [6, 6.07) is 12.4. The standard InChI is InChI=1S/C16H19O3P/c1-3-11(2)12-8-9-13(15(17)10-12)14-6-4-5-7-16(14)20(18)19/h4-11,17,20H,3H2,1-2H3,(H,18,19). The van der Waals surface area contributed by atoms with E-state index in [2.05, 4.69) is 13.8 Å². The lowest BCUT2D eigenvalue weighted by Crippen LogP contribution is -2.01. The van der Waals surface area contributed by atoms with Gasteiger partial charge in [-0.1, -0.05) is 44.2 Å². The fourth-order valence-corrected chi connectivity index (χ4v) is 2.91. The molecule has 0 aliphatic heterocycles. The van der Waals surface area contributed by atoms with Crippen LogP contribution in [0.5, 0.6) is 5.75 Å². The van der Waals surface area contributed by atoms with E-state index in [9.17, 15) is 14.6 Å². The molecule has 2 aromatic rings. The summed E-state index contributed by atoms with van der Waals surface area (Å²) in [5, 5.41) is 10.6. The summed E-state index contributed by atoms with van der Waals surface area (Å²) in [6.07, 6.45) is 1.000. The maximum absolute atomic E-state index is 11.4. The lowest BCUT2D eigenvalue weighted by atomic mass is 9.95. The fraction of sp³-hybridized carbons (Fsp3) is 0.250. The van der Waals surface area contributed by atoms with Crippen molar-refractivity contribution in [3.05, 3.63) is 48.0 Å². The quantitative estimate of drug-likeness (QED) is 0.845. The van der Waals surface area contributed by atoms with Gasteiger partial charge in [0, 0.05) is 10.9 Å². The molecule has 2 aromatic carbocycles. The van der Waals surface area contributed by atoms with Gasteiger partial charge in [0.25, 0.3) is 0 Å². The number of rotatable bonds is 4. The Bertz CT molecular complexity index is 637. The molecule has 0 saturated carbocycles. The SMILES string of the molecule is CCC(C)c1ccc(-c2ccccc2[PH](=O)O)c(O)c1. The van der Waals surface area contributed by atoms with Gasteiger partial charge in [0.05, 0.1) is 0 Å². The average Bonchev–Trinajstić information content (AvgIpc) is 2.46. The zero-order chi connectivity index (χ0) is 14.7. The summed E-state index contributed by atoms with van der Waals surface area (Å²) in [6.45, 7) is 4.21. The highest BCUT2D eigenvalue weighted by Gasteiger charge is 2.13. The molecule has 4 heteroatoms. The first kappa shape index (κ1) is 14.8. The maximum atomic E-state index is 11.4. The zero-order valence-electron chi connectivity index (χ0n) is 11.6. The lowest BCUT2D eigenvalue weighted by Gasteiger charge is -2.13. The predicted molar refractivity (Wildman–Crippen MR) is 83.1 cm³/mol. The minimum Gasteiger partial charge on any atom is -0.507 e. The summed E-state index contributed by atoms with van der Waals surface area (Å²) < 4.78 is 11.4. The van der Waals surface area contributed by atoms with Crippen molar-refractivity contribution < 1.29 is 14.6 Å². The molecule has 0 bridgehead atoms. The molecule has 0 aliphatic rings. The first-order valence-electron chi connectivity index (χ1n) is 6.70. The van der Waals surface area contributed by atoms with Gasteiger partial charge in [-0.2, -0.15) is 0 Å². The Hall–Kier alpha value is -1.57. The molecule has 3 nitrogen and oxygen atoms in total. The number of hydrogen-bond acceptors (Lipinski definition) is 2. The number of hydrogen-bond donors (Lipinski definition) is 2. The molecular weight excluding hydrogens is 271 g/mol. The van der Waals surface area contributed by atoms with Crippen LogP contribution in [0.2, 0.25) is 0 Å². The molecule has 0 fully saturated rings. The smallest absolute Gasteiger partial charge is 0.218 e. The number of phenols is 1. The molecule has 20 heavy (non-hydrogen) atoms. The number of benzene rings is 2. The predicted octanol–water partition coefficient (Wildman–Crippen LogP) is 3.67. The van der Waals surface area contributed by atoms with Crippen molar-refractivity contribution >= 4 is 13.3 Å². The molecule has 0 amide bonds. The van der Waals surface area contributed by atoms with Crippen LogP contribution in [0.15, 0.2) is 42.5 Å². The fourth-order valence-electron chi connectivity index (χ4n) is 2.22. The van der Waals surface area contributed by atoms with Crippen LogP contribution >= 0.6 is 8.03 Å². The highest BCUT2D eigenvalue weighted by Crippen LogP contribution is 2.34. The summed E-state index contributed by atoms with van der Waals surface area (Å²) in [7, 11) is -2.80. The maximum Gasteiger partial charge on any atom is 0.218 e. The second-order valence-corrected chi connectivity index (χ2v) is 6.09. The summed E-state index contributed by atoms with van der Waals surface area (Å²) in [4.78, 5) is 9.40. The van der Waals surface area contributed by atoms with Crippen LogP contribution in [0, 0.1) is 0 Å². The molecule has 2 unspecified atom stereocenters. The second kappa shape index (κ2) is 6.25. The molecule has 0 aromatic heterocycles. The van der Waals surface area contributed by atoms with E-state index in [1.165, 1.54) is 0 Å². The van der Waals surface area contributed by atoms with Gasteiger partial charge in [-0.05, 0) is 35.6 Å². The molecule has 106 valence electrons. The summed E-state index contributed by atoms with van der Waals surface area (Å²) >= 11 is 0. The van der Waals surface area contributed by atoms with Gasteiger partial charge in [0.2, 0.25) is 8.03 Å². The third-order valence-corrected chi connectivity index (χ3v) is 4.55. The third kappa shape index (κ3) is 2.95. The highest BCUT2D eigenvalue weighted by molar-refractivity contribution is 7.47. The van der Waals surface area contributed by atoms with Crippen LogP contribution in [0.4, 0.5) is 0 Å². The number of aromatic hydroxyl groups is 1. The lowest BCUT2D eigenvalue weighted by molar-refractivity contribution is 0.476. The molecule has 2 rings (SSSR count). The summed E-state index contributed by atoms with van der Waals surface area (Å²) in [5.41, 5.74) is 2.29. The van der Waals surface area contributed by atoms with Gasteiger partial charge in [-0.15, -0.1) is 0 Å². The number of phenolic OH excluding ortho intramolecular Hbond substituents is 1. The Morgan fingerprint density at radius 3 is 2.45 bits per heavy atom. The van der Waals surface area contributed by atoms with Gasteiger partial charge < -0.3 is 10.00 Å². The first-order valence-corrected chi connectivity index (χ1v) is 8.05. The van der Waals surface area contributed by atoms with E-state index < -0.39 is 8.03 Å². The largest absolute Gasteiger partial charge is 0.507 e. The monoisotopic (exact) mass is 290 g/mol. The molecule has 0 heterocycles. The van der Waals surface area contributed by atoms with E-state index in [1.807, 2.05) is 12.1 Å². The Balaban J connectivity index is 2.52. The van der Waals surface area contributed by atoms with Gasteiger partial charge in [-0.3, -0.25) is 4.57 Å². The minimum absolute atomic E-state index is 0.151. The van der Waals surface area contributed by atoms with E-state index in [4.69, 9.17) is 0 Å². The molecule has 0 radical (unpaired) electrons. The van der Waals surface area contributed by atoms with Crippen molar-refractivity contribution in [3.8, 4) is 16.9 Å². The van der Waals surface area contributed by atoms with Gasteiger partial charge in [0.15, 0.2) is 0 Å². The van der Waals surface area contributed by atoms with Gasteiger partial charge in [0.1, 0.15) is 5.75 Å². The Morgan fingerprint density at radius 2 is 1.85 bits per heavy atom. The van der Waals surface area contributed by atoms with Crippen molar-refractivity contribution in [3.63, 3.8) is 0 Å². The molecule has 0 aliphatic carbocycles. The zero-order valence-corrected chi connectivity index (χ0v) is 12.6. The topological polar surface area (TPSA) is 57.5 Å². The third-order valence-electron chi connectivity index (χ3n) is 3.65. The Labute approximate surface area is 119 Å². The van der Waals surface area contributed by atoms with Gasteiger partial charge in [-0.25, -0.2) is 0 Å². The van der Waals surface area contributed by atoms with Crippen molar-refractivity contribution in [2.45, 2.75) is 26.2 Å². The van der Waals surface area contributed by atoms with Gasteiger partial charge >= 0.3 is 0 Å². The van der Waals surface area contributed by atoms with Crippen LogP contribution in [0.25, 0.3) is 11.1 Å². The molecule has 2 N–H and O–H groups in total. The normalized spacial score (nSPS) is 13.9. The Morgan fingerprint density at radius 1 is 1.15 bits per heavy atom. The van der Waals surface area contributed by atoms with Crippen molar-refractivity contribution in [1.29, 1.82) is 0 Å². The minimum atomic E-state index is -2.80. The van der Waals surface area contributed by atoms with E-state index in [1.54, 1.807) is 30.3 Å². The second-order valence-electron chi connectivity index (χ2n) is 4.94. The van der Waals surface area contributed by atoms with Crippen molar-refractivity contribution in [2.75, 3.05) is 0 Å². The van der Waals surface area contributed by atoms with Crippen LogP contribution in [0.1, 0.15) is 31.7 Å². The van der Waals surface area contributed by atoms with Crippen LogP contribution in [-0.4, -0.2) is 10.00 Å². The highest BCUT2D eigenvalue weighted by atomic mass is 31.1. The van der Waals surface area contributed by atoms with E-state index in [0.29, 0.717) is 22.3 Å². The summed E-state index contributed by atoms with van der Waals surface area (Å²) in [5.74, 6) is 0.528.